The molecule has 0 aromatic heterocycles. The molecule has 3 aliphatic rings. The lowest BCUT2D eigenvalue weighted by molar-refractivity contribution is -0.144. The number of aliphatic carboxylic acids is 2. The van der Waals surface area contributed by atoms with Crippen molar-refractivity contribution in [1.82, 2.24) is 0 Å². The van der Waals surface area contributed by atoms with Gasteiger partial charge in [0.15, 0.2) is 11.7 Å². The molecule has 0 radical (unpaired) electrons. The molecular weight excluding hydrogens is 682 g/mol. The highest BCUT2D eigenvalue weighted by Crippen LogP contribution is 2.59. The summed E-state index contributed by atoms with van der Waals surface area (Å²) in [5.41, 5.74) is 7.21. The van der Waals surface area contributed by atoms with Gasteiger partial charge in [0.25, 0.3) is 0 Å². The zero-order chi connectivity index (χ0) is 37.8. The Balaban J connectivity index is 1.42. The number of rotatable bonds is 10. The molecule has 1 fully saturated rings. The molecule has 1 aliphatic carbocycles. The van der Waals surface area contributed by atoms with Crippen molar-refractivity contribution >= 4 is 34.5 Å². The second-order valence-corrected chi connectivity index (χ2v) is 14.7. The number of fused-ring (bicyclic) bond motifs is 8. The molecule has 276 valence electrons. The molecule has 2 aliphatic heterocycles. The SMILES string of the molecule is COc1cc2c3c(c4c(c2cc1N1CCOCC1)-c1ccccc1C4(C)C)C=CC(c1ccccc1)(c1ccc(CCC(=O)O)cc1OC(C)C(=O)O)O3. The van der Waals surface area contributed by atoms with Gasteiger partial charge in [0.05, 0.1) is 26.0 Å². The number of morpholine rings is 1. The van der Waals surface area contributed by atoms with Crippen molar-refractivity contribution in [3.05, 3.63) is 124 Å². The van der Waals surface area contributed by atoms with Gasteiger partial charge in [-0.25, -0.2) is 4.79 Å². The minimum absolute atomic E-state index is 0.0789. The molecule has 0 amide bonds. The van der Waals surface area contributed by atoms with Crippen molar-refractivity contribution in [3.63, 3.8) is 0 Å². The third-order valence-electron chi connectivity index (χ3n) is 11.1. The molecule has 2 heterocycles. The lowest BCUT2D eigenvalue weighted by Crippen LogP contribution is -2.37. The van der Waals surface area contributed by atoms with Crippen molar-refractivity contribution in [1.29, 1.82) is 0 Å². The minimum Gasteiger partial charge on any atom is -0.495 e. The quantitative estimate of drug-likeness (QED) is 0.147. The highest BCUT2D eigenvalue weighted by molar-refractivity contribution is 6.10. The topological polar surface area (TPSA) is 115 Å². The largest absolute Gasteiger partial charge is 0.495 e. The summed E-state index contributed by atoms with van der Waals surface area (Å²) < 4.78 is 25.6. The first-order valence-corrected chi connectivity index (χ1v) is 18.4. The molecular formula is C45H43NO8. The molecule has 8 rings (SSSR count). The fourth-order valence-corrected chi connectivity index (χ4v) is 8.44. The van der Waals surface area contributed by atoms with Crippen LogP contribution in [-0.2, 0) is 31.8 Å². The molecule has 1 saturated heterocycles. The molecule has 2 unspecified atom stereocenters. The van der Waals surface area contributed by atoms with Crippen LogP contribution in [0.4, 0.5) is 5.69 Å². The summed E-state index contributed by atoms with van der Waals surface area (Å²) in [6, 6.07) is 28.2. The fraction of sp³-hybridized carbons (Fsp3) is 0.289. The van der Waals surface area contributed by atoms with Crippen LogP contribution in [0.1, 0.15) is 60.6 Å². The summed E-state index contributed by atoms with van der Waals surface area (Å²) in [5, 5.41) is 21.3. The lowest BCUT2D eigenvalue weighted by atomic mass is 9.76. The van der Waals surface area contributed by atoms with E-state index in [-0.39, 0.29) is 18.3 Å². The number of carboxylic acids is 2. The van der Waals surface area contributed by atoms with E-state index in [1.165, 1.54) is 29.2 Å². The second-order valence-electron chi connectivity index (χ2n) is 14.7. The number of carbonyl (C=O) groups is 2. The van der Waals surface area contributed by atoms with Crippen molar-refractivity contribution in [2.45, 2.75) is 50.7 Å². The van der Waals surface area contributed by atoms with E-state index in [0.717, 1.165) is 46.4 Å². The first-order chi connectivity index (χ1) is 26.0. The predicted octanol–water partition coefficient (Wildman–Crippen LogP) is 8.21. The number of hydrogen-bond donors (Lipinski definition) is 2. The van der Waals surface area contributed by atoms with Gasteiger partial charge in [0.2, 0.25) is 0 Å². The van der Waals surface area contributed by atoms with Crippen LogP contribution in [0.15, 0.2) is 91.0 Å². The normalized spacial score (nSPS) is 18.6. The standard InChI is InChI=1S/C45H43NO8/c1-27(43(49)50)53-37-24-28(15-17-39(47)48)14-16-35(37)45(29-10-6-5-7-11-29)19-18-31-41-40(30-12-8-9-13-34(30)44(41,2)3)32-25-36(46-20-22-52-23-21-46)38(51-4)26-33(32)42(31)54-45/h5-14,16,18-19,24-27H,15,17,20-23H2,1-4H3,(H,47,48)(H,49,50). The van der Waals surface area contributed by atoms with Crippen molar-refractivity contribution < 1.29 is 38.7 Å². The van der Waals surface area contributed by atoms with Gasteiger partial charge in [-0.2, -0.15) is 0 Å². The Morgan fingerprint density at radius 3 is 2.35 bits per heavy atom. The summed E-state index contributed by atoms with van der Waals surface area (Å²) in [6.45, 7) is 8.75. The lowest BCUT2D eigenvalue weighted by Gasteiger charge is -2.39. The number of hydrogen-bond acceptors (Lipinski definition) is 7. The molecule has 9 heteroatoms. The van der Waals surface area contributed by atoms with Crippen LogP contribution >= 0.6 is 0 Å². The van der Waals surface area contributed by atoms with Gasteiger partial charge in [-0.05, 0) is 70.8 Å². The van der Waals surface area contributed by atoms with Gasteiger partial charge in [-0.3, -0.25) is 4.79 Å². The average Bonchev–Trinajstić information content (AvgIpc) is 3.43. The monoisotopic (exact) mass is 725 g/mol. The Labute approximate surface area is 314 Å². The number of ether oxygens (including phenoxy) is 4. The summed E-state index contributed by atoms with van der Waals surface area (Å²) >= 11 is 0. The Hall–Kier alpha value is -5.80. The van der Waals surface area contributed by atoms with E-state index in [1.807, 2.05) is 48.5 Å². The van der Waals surface area contributed by atoms with E-state index in [1.54, 1.807) is 13.2 Å². The maximum Gasteiger partial charge on any atom is 0.344 e. The van der Waals surface area contributed by atoms with Crippen molar-refractivity contribution in [2.24, 2.45) is 0 Å². The van der Waals surface area contributed by atoms with Gasteiger partial charge >= 0.3 is 11.9 Å². The van der Waals surface area contributed by atoms with E-state index in [4.69, 9.17) is 18.9 Å². The Bertz CT molecular complexity index is 2320. The first-order valence-electron chi connectivity index (χ1n) is 18.4. The highest BCUT2D eigenvalue weighted by Gasteiger charge is 2.45. The molecule has 0 bridgehead atoms. The van der Waals surface area contributed by atoms with Crippen LogP contribution < -0.4 is 19.1 Å². The molecule has 0 saturated carbocycles. The average molecular weight is 726 g/mol. The second kappa shape index (κ2) is 13.6. The predicted molar refractivity (Wildman–Crippen MR) is 208 cm³/mol. The van der Waals surface area contributed by atoms with E-state index in [0.29, 0.717) is 35.8 Å². The molecule has 2 atom stereocenters. The van der Waals surface area contributed by atoms with Crippen LogP contribution in [0.3, 0.4) is 0 Å². The zero-order valence-electron chi connectivity index (χ0n) is 30.8. The number of carboxylic acid groups (broad SMARTS) is 2. The molecule has 54 heavy (non-hydrogen) atoms. The van der Waals surface area contributed by atoms with E-state index in [9.17, 15) is 19.8 Å². The molecule has 5 aromatic rings. The van der Waals surface area contributed by atoms with Crippen LogP contribution in [0.25, 0.3) is 28.0 Å². The van der Waals surface area contributed by atoms with Gasteiger partial charge in [0.1, 0.15) is 17.2 Å². The number of methoxy groups -OCH3 is 1. The van der Waals surface area contributed by atoms with E-state index in [2.05, 4.69) is 61.2 Å². The Morgan fingerprint density at radius 1 is 0.889 bits per heavy atom. The summed E-state index contributed by atoms with van der Waals surface area (Å²) in [4.78, 5) is 26.0. The van der Waals surface area contributed by atoms with Crippen molar-refractivity contribution in [3.8, 4) is 28.4 Å². The van der Waals surface area contributed by atoms with Crippen molar-refractivity contribution in [2.75, 3.05) is 38.3 Å². The minimum atomic E-state index is -1.26. The van der Waals surface area contributed by atoms with Gasteiger partial charge in [0, 0.05) is 47.0 Å². The number of aryl methyl sites for hydroxylation is 1. The Morgan fingerprint density at radius 2 is 1.63 bits per heavy atom. The third-order valence-corrected chi connectivity index (χ3v) is 11.1. The van der Waals surface area contributed by atoms with Gasteiger partial charge < -0.3 is 34.1 Å². The number of benzene rings is 5. The summed E-state index contributed by atoms with van der Waals surface area (Å²) in [6.07, 6.45) is 3.17. The zero-order valence-corrected chi connectivity index (χ0v) is 30.8. The summed E-state index contributed by atoms with van der Waals surface area (Å²) in [7, 11) is 1.69. The number of anilines is 1. The molecule has 5 aromatic carbocycles. The fourth-order valence-electron chi connectivity index (χ4n) is 8.44. The van der Waals surface area contributed by atoms with E-state index >= 15 is 0 Å². The maximum absolute atomic E-state index is 12.1. The molecule has 9 nitrogen and oxygen atoms in total. The summed E-state index contributed by atoms with van der Waals surface area (Å²) in [5.74, 6) is -0.344. The molecule has 0 spiro atoms. The van der Waals surface area contributed by atoms with Crippen LogP contribution in [0, 0.1) is 0 Å². The van der Waals surface area contributed by atoms with Gasteiger partial charge in [-0.1, -0.05) is 86.7 Å². The smallest absolute Gasteiger partial charge is 0.344 e. The van der Waals surface area contributed by atoms with Gasteiger partial charge in [-0.15, -0.1) is 0 Å². The van der Waals surface area contributed by atoms with Crippen LogP contribution in [0.2, 0.25) is 0 Å². The third kappa shape index (κ3) is 5.74. The Kier molecular flexibility index (Phi) is 8.85. The molecule has 2 N–H and O–H groups in total. The first kappa shape index (κ1) is 35.2. The van der Waals surface area contributed by atoms with E-state index < -0.39 is 23.6 Å². The highest BCUT2D eigenvalue weighted by atomic mass is 16.5. The van der Waals surface area contributed by atoms with Crippen LogP contribution in [-0.4, -0.2) is 61.7 Å². The van der Waals surface area contributed by atoms with Crippen LogP contribution in [0.5, 0.6) is 17.2 Å². The maximum atomic E-state index is 12.1. The number of nitrogens with zero attached hydrogens (tertiary/aromatic N) is 1.